The monoisotopic (exact) mass is 785 g/mol. The number of hydrogen-bond acceptors (Lipinski definition) is 2. The second-order valence-electron chi connectivity index (χ2n) is 13.6. The summed E-state index contributed by atoms with van der Waals surface area (Å²) < 4.78 is 15.1. The van der Waals surface area contributed by atoms with Gasteiger partial charge in [0.2, 0.25) is 0 Å². The number of imidazole rings is 1. The molecule has 0 bridgehead atoms. The molecule has 8 rings (SSSR count). The predicted octanol–water partition coefficient (Wildman–Crippen LogP) is 9.96. The average molecular weight is 786 g/mol. The molecule has 1 unspecified atom stereocenters. The molecule has 1 atom stereocenters. The van der Waals surface area contributed by atoms with Gasteiger partial charge in [-0.25, -0.2) is 4.98 Å². The Balaban J connectivity index is 1.23. The van der Waals surface area contributed by atoms with Crippen molar-refractivity contribution in [2.24, 2.45) is 7.05 Å². The third kappa shape index (κ3) is 4.88. The molecule has 0 N–H and O–H groups in total. The van der Waals surface area contributed by atoms with Gasteiger partial charge in [0.05, 0.1) is 0 Å². The maximum atomic E-state index is 6.72. The molecule has 0 saturated carbocycles. The maximum absolute atomic E-state index is 6.72. The van der Waals surface area contributed by atoms with Gasteiger partial charge in [0, 0.05) is 6.20 Å². The summed E-state index contributed by atoms with van der Waals surface area (Å²) in [5.74, 6) is 2.61. The fraction of sp³-hybridized carbons (Fsp3) is 0.250. The van der Waals surface area contributed by atoms with E-state index >= 15 is 0 Å². The van der Waals surface area contributed by atoms with E-state index in [0.29, 0.717) is 0 Å². The topological polar surface area (TPSA) is 36.9 Å². The summed E-state index contributed by atoms with van der Waals surface area (Å²) in [5.41, 5.74) is 8.84. The quantitative estimate of drug-likeness (QED) is 0.167. The fourth-order valence-corrected chi connectivity index (χ4v) is 8.14. The molecular weight excluding hydrogens is 748 g/mol. The Morgan fingerprint density at radius 3 is 2.30 bits per heavy atom. The first-order chi connectivity index (χ1) is 22.3. The van der Waals surface area contributed by atoms with Crippen LogP contribution in [-0.2, 0) is 38.2 Å². The normalized spacial score (nSPS) is 15.4. The first-order valence-electron chi connectivity index (χ1n) is 16.2. The fourth-order valence-electron chi connectivity index (χ4n) is 7.24. The number of hydrogen-bond donors (Lipinski definition) is 0. The first kappa shape index (κ1) is 29.2. The molecular formula is C40H38N4OPt. The van der Waals surface area contributed by atoms with Crippen LogP contribution in [0.15, 0.2) is 103 Å². The molecule has 0 fully saturated rings. The van der Waals surface area contributed by atoms with Gasteiger partial charge in [-0.3, -0.25) is 0 Å². The molecule has 0 spiro atoms. The molecule has 3 heterocycles. The van der Waals surface area contributed by atoms with Crippen LogP contribution in [0.5, 0.6) is 11.5 Å². The molecule has 4 aromatic carbocycles. The number of ether oxygens (including phenoxy) is 1. The van der Waals surface area contributed by atoms with E-state index in [0.717, 1.165) is 41.2 Å². The SMILES string of the molecule is Cn1[c](=[Pt])n(C2CCCCc3ccc(Oc4ccc5c6ccccc6n(-c6cc(C(C)(C)C)ccn6)c5c4)cc32)c2ccccc21. The summed E-state index contributed by atoms with van der Waals surface area (Å²) in [7, 11) is 2.17. The first-order valence-corrected chi connectivity index (χ1v) is 17.3. The van der Waals surface area contributed by atoms with Gasteiger partial charge in [0.15, 0.2) is 0 Å². The van der Waals surface area contributed by atoms with Crippen LogP contribution in [-0.4, -0.2) is 18.7 Å². The molecule has 1 aliphatic rings. The van der Waals surface area contributed by atoms with Gasteiger partial charge in [-0.05, 0) is 29.2 Å². The molecule has 0 amide bonds. The van der Waals surface area contributed by atoms with Crippen molar-refractivity contribution in [1.29, 1.82) is 0 Å². The van der Waals surface area contributed by atoms with Crippen molar-refractivity contribution in [3.8, 4) is 17.3 Å². The van der Waals surface area contributed by atoms with Gasteiger partial charge in [0.1, 0.15) is 0 Å². The summed E-state index contributed by atoms with van der Waals surface area (Å²) >= 11 is 2.49. The van der Waals surface area contributed by atoms with Crippen molar-refractivity contribution in [3.63, 3.8) is 0 Å². The Kier molecular flexibility index (Phi) is 7.14. The van der Waals surface area contributed by atoms with Crippen LogP contribution in [0, 0.1) is 3.80 Å². The van der Waals surface area contributed by atoms with E-state index < -0.39 is 0 Å². The Morgan fingerprint density at radius 2 is 1.48 bits per heavy atom. The van der Waals surface area contributed by atoms with Gasteiger partial charge in [-0.2, -0.15) is 0 Å². The molecule has 6 heteroatoms. The number of pyridine rings is 1. The Hall–Kier alpha value is -4.21. The third-order valence-electron chi connectivity index (χ3n) is 9.63. The van der Waals surface area contributed by atoms with E-state index in [1.165, 1.54) is 55.1 Å². The van der Waals surface area contributed by atoms with Crippen molar-refractivity contribution >= 4 is 32.8 Å². The molecule has 7 aromatic rings. The minimum atomic E-state index is 0.0241. The predicted molar refractivity (Wildman–Crippen MR) is 184 cm³/mol. The number of para-hydroxylation sites is 3. The molecule has 3 aromatic heterocycles. The van der Waals surface area contributed by atoms with Crippen LogP contribution in [0.3, 0.4) is 0 Å². The number of benzene rings is 4. The van der Waals surface area contributed by atoms with Crippen LogP contribution in [0.1, 0.15) is 62.8 Å². The van der Waals surface area contributed by atoms with Gasteiger partial charge < -0.3 is 0 Å². The van der Waals surface area contributed by atoms with E-state index in [4.69, 9.17) is 9.72 Å². The summed E-state index contributed by atoms with van der Waals surface area (Å²) in [4.78, 5) is 4.85. The molecule has 0 aliphatic heterocycles. The van der Waals surface area contributed by atoms with E-state index in [2.05, 4.69) is 158 Å². The molecule has 1 aliphatic carbocycles. The molecule has 0 saturated heterocycles. The third-order valence-corrected chi connectivity index (χ3v) is 10.9. The van der Waals surface area contributed by atoms with E-state index in [1.54, 1.807) is 0 Å². The summed E-state index contributed by atoms with van der Waals surface area (Å²) in [5, 5.41) is 2.40. The zero-order valence-corrected chi connectivity index (χ0v) is 29.0. The minimum absolute atomic E-state index is 0.0241. The van der Waals surface area contributed by atoms with E-state index in [9.17, 15) is 0 Å². The number of rotatable bonds is 4. The van der Waals surface area contributed by atoms with Crippen LogP contribution >= 0.6 is 0 Å². The van der Waals surface area contributed by atoms with Crippen LogP contribution < -0.4 is 4.74 Å². The van der Waals surface area contributed by atoms with Crippen molar-refractivity contribution in [2.75, 3.05) is 0 Å². The van der Waals surface area contributed by atoms with Crippen LogP contribution in [0.25, 0.3) is 38.7 Å². The van der Waals surface area contributed by atoms with Crippen molar-refractivity contribution < 1.29 is 24.1 Å². The number of aromatic nitrogens is 4. The average Bonchev–Trinajstić information content (AvgIpc) is 3.41. The molecule has 46 heavy (non-hydrogen) atoms. The Labute approximate surface area is 280 Å². The number of fused-ring (bicyclic) bond motifs is 5. The van der Waals surface area contributed by atoms with E-state index in [-0.39, 0.29) is 11.5 Å². The molecule has 234 valence electrons. The number of aryl methyl sites for hydroxylation is 2. The zero-order valence-electron chi connectivity index (χ0n) is 26.7. The van der Waals surface area contributed by atoms with Crippen LogP contribution in [0.4, 0.5) is 0 Å². The second kappa shape index (κ2) is 11.2. The van der Waals surface area contributed by atoms with Gasteiger partial charge in [-0.1, -0.05) is 39.0 Å². The standard InChI is InChI=1S/C40H38N4O.Pt/c1-40(2,3)28-21-22-41-39(23-28)44-35-14-8-6-12-31(35)32-20-19-30(25-38(32)44)45-29-18-17-27-11-5-7-13-34(33(27)24-29)43-26-42(4)36-15-9-10-16-37(36)43;/h6,8-10,12,14-25,34H,5,7,11,13H2,1-4H3;. The Bertz CT molecular complexity index is 2330. The summed E-state index contributed by atoms with van der Waals surface area (Å²) in [6, 6.07) is 35.1. The van der Waals surface area contributed by atoms with Gasteiger partial charge in [-0.15, -0.1) is 0 Å². The molecule has 0 radical (unpaired) electrons. The number of nitrogens with zero attached hydrogens (tertiary/aromatic N) is 4. The van der Waals surface area contributed by atoms with Crippen molar-refractivity contribution in [2.45, 2.75) is 57.9 Å². The summed E-state index contributed by atoms with van der Waals surface area (Å²) in [6.07, 6.45) is 6.54. The summed E-state index contributed by atoms with van der Waals surface area (Å²) in [6.45, 7) is 6.73. The second-order valence-corrected chi connectivity index (χ2v) is 14.6. The van der Waals surface area contributed by atoms with Crippen molar-refractivity contribution in [1.82, 2.24) is 18.7 Å². The zero-order chi connectivity index (χ0) is 31.6. The van der Waals surface area contributed by atoms with E-state index in [1.807, 2.05) is 6.20 Å². The van der Waals surface area contributed by atoms with Gasteiger partial charge >= 0.3 is 202 Å². The Morgan fingerprint density at radius 1 is 0.761 bits per heavy atom. The van der Waals surface area contributed by atoms with Crippen LogP contribution in [0.2, 0.25) is 0 Å². The van der Waals surface area contributed by atoms with Gasteiger partial charge in [0.25, 0.3) is 0 Å². The van der Waals surface area contributed by atoms with Crippen molar-refractivity contribution in [3.05, 3.63) is 124 Å². The molecule has 5 nitrogen and oxygen atoms in total.